The average Bonchev–Trinajstić information content (AvgIpc) is 3.07. The highest BCUT2D eigenvalue weighted by molar-refractivity contribution is 5.85. The summed E-state index contributed by atoms with van der Waals surface area (Å²) < 4.78 is 6.14. The molecule has 0 radical (unpaired) electrons. The number of aliphatic hydroxyl groups is 1. The van der Waals surface area contributed by atoms with Crippen molar-refractivity contribution >= 4 is 5.97 Å². The first kappa shape index (κ1) is 20.9. The van der Waals surface area contributed by atoms with Gasteiger partial charge in [0.1, 0.15) is 6.10 Å². The predicted molar refractivity (Wildman–Crippen MR) is 124 cm³/mol. The van der Waals surface area contributed by atoms with Crippen molar-refractivity contribution in [1.29, 1.82) is 0 Å². The Morgan fingerprint density at radius 1 is 0.812 bits per heavy atom. The number of hydrogen-bond donors (Lipinski definition) is 1. The molecule has 4 nitrogen and oxygen atoms in total. The van der Waals surface area contributed by atoms with Crippen molar-refractivity contribution < 1.29 is 14.6 Å². The molecule has 3 aromatic rings. The number of fused-ring (bicyclic) bond motifs is 2. The van der Waals surface area contributed by atoms with Crippen LogP contribution >= 0.6 is 0 Å². The second-order valence-corrected chi connectivity index (χ2v) is 9.09. The van der Waals surface area contributed by atoms with Crippen molar-refractivity contribution in [3.8, 4) is 0 Å². The molecule has 5 rings (SSSR count). The van der Waals surface area contributed by atoms with Crippen LogP contribution in [0.15, 0.2) is 91.0 Å². The molecule has 3 aromatic carbocycles. The van der Waals surface area contributed by atoms with Crippen LogP contribution in [0.25, 0.3) is 0 Å². The molecule has 1 saturated carbocycles. The SMILES string of the molecule is O=C(OC1C2CCC1CN(Cc1ccccc1)C2)C(O)(c1ccccc1)c1ccccc1. The van der Waals surface area contributed by atoms with Gasteiger partial charge in [-0.05, 0) is 29.5 Å². The molecular formula is C28H29NO3. The lowest BCUT2D eigenvalue weighted by Gasteiger charge is -2.39. The molecule has 2 aliphatic rings. The molecule has 164 valence electrons. The lowest BCUT2D eigenvalue weighted by molar-refractivity contribution is -0.175. The highest BCUT2D eigenvalue weighted by Gasteiger charge is 2.48. The highest BCUT2D eigenvalue weighted by Crippen LogP contribution is 2.41. The monoisotopic (exact) mass is 427 g/mol. The summed E-state index contributed by atoms with van der Waals surface area (Å²) in [4.78, 5) is 16.0. The highest BCUT2D eigenvalue weighted by atomic mass is 16.6. The molecule has 1 aliphatic carbocycles. The van der Waals surface area contributed by atoms with Crippen LogP contribution < -0.4 is 0 Å². The van der Waals surface area contributed by atoms with Gasteiger partial charge in [0.05, 0.1) is 0 Å². The summed E-state index contributed by atoms with van der Waals surface area (Å²) in [6, 6.07) is 28.7. The first-order chi connectivity index (χ1) is 15.6. The van der Waals surface area contributed by atoms with E-state index in [0.29, 0.717) is 23.0 Å². The number of ether oxygens (including phenoxy) is 1. The van der Waals surface area contributed by atoms with E-state index in [4.69, 9.17) is 4.74 Å². The van der Waals surface area contributed by atoms with Crippen LogP contribution in [0.1, 0.15) is 29.5 Å². The molecular weight excluding hydrogens is 398 g/mol. The second-order valence-electron chi connectivity index (χ2n) is 9.09. The maximum absolute atomic E-state index is 13.5. The number of hydrogen-bond acceptors (Lipinski definition) is 4. The van der Waals surface area contributed by atoms with Gasteiger partial charge in [-0.2, -0.15) is 0 Å². The lowest BCUT2D eigenvalue weighted by atomic mass is 9.86. The number of piperidine rings is 1. The summed E-state index contributed by atoms with van der Waals surface area (Å²) in [5, 5.41) is 11.7. The van der Waals surface area contributed by atoms with Gasteiger partial charge in [0.2, 0.25) is 5.60 Å². The molecule has 4 heteroatoms. The number of nitrogens with zero attached hydrogens (tertiary/aromatic N) is 1. The molecule has 2 atom stereocenters. The number of carbonyl (C=O) groups excluding carboxylic acids is 1. The summed E-state index contributed by atoms with van der Waals surface area (Å²) in [5.74, 6) is 0.0303. The van der Waals surface area contributed by atoms with E-state index in [1.54, 1.807) is 24.3 Å². The summed E-state index contributed by atoms with van der Waals surface area (Å²) in [7, 11) is 0. The van der Waals surface area contributed by atoms with Crippen LogP contribution in [-0.2, 0) is 21.7 Å². The zero-order chi connectivity index (χ0) is 22.0. The molecule has 32 heavy (non-hydrogen) atoms. The fraction of sp³-hybridized carbons (Fsp3) is 0.321. The lowest BCUT2D eigenvalue weighted by Crippen LogP contribution is -2.49. The van der Waals surface area contributed by atoms with Gasteiger partial charge in [-0.1, -0.05) is 91.0 Å². The topological polar surface area (TPSA) is 49.8 Å². The second kappa shape index (κ2) is 8.89. The van der Waals surface area contributed by atoms with Gasteiger partial charge < -0.3 is 9.84 Å². The first-order valence-corrected chi connectivity index (χ1v) is 11.5. The number of likely N-dealkylation sites (tertiary alicyclic amines) is 1. The average molecular weight is 428 g/mol. The number of benzene rings is 3. The molecule has 1 heterocycles. The fourth-order valence-corrected chi connectivity index (χ4v) is 5.40. The summed E-state index contributed by atoms with van der Waals surface area (Å²) >= 11 is 0. The standard InChI is InChI=1S/C28H29NO3/c30-27(28(31,24-12-6-2-7-13-24)25-14-8-3-9-15-25)32-26-22-16-17-23(26)20-29(19-22)18-21-10-4-1-5-11-21/h1-15,22-23,26,31H,16-20H2. The predicted octanol–water partition coefficient (Wildman–Crippen LogP) is 4.38. The quantitative estimate of drug-likeness (QED) is 0.594. The van der Waals surface area contributed by atoms with E-state index in [1.807, 2.05) is 42.5 Å². The molecule has 2 fully saturated rings. The Balaban J connectivity index is 1.35. The molecule has 1 N–H and O–H groups in total. The van der Waals surface area contributed by atoms with Gasteiger partial charge in [0, 0.05) is 31.5 Å². The number of carbonyl (C=O) groups is 1. The minimum absolute atomic E-state index is 0.145. The van der Waals surface area contributed by atoms with E-state index in [9.17, 15) is 9.90 Å². The Kier molecular flexibility index (Phi) is 5.81. The Morgan fingerprint density at radius 3 is 1.78 bits per heavy atom. The van der Waals surface area contributed by atoms with Crippen LogP contribution in [0.4, 0.5) is 0 Å². The summed E-state index contributed by atoms with van der Waals surface area (Å²) in [5.41, 5.74) is 0.559. The van der Waals surface area contributed by atoms with E-state index in [2.05, 4.69) is 29.2 Å². The largest absolute Gasteiger partial charge is 0.459 e. The molecule has 2 unspecified atom stereocenters. The zero-order valence-corrected chi connectivity index (χ0v) is 18.1. The molecule has 1 saturated heterocycles. The Bertz CT molecular complexity index is 985. The maximum atomic E-state index is 13.5. The minimum Gasteiger partial charge on any atom is -0.459 e. The smallest absolute Gasteiger partial charge is 0.347 e. The van der Waals surface area contributed by atoms with Crippen molar-refractivity contribution in [2.45, 2.75) is 31.1 Å². The van der Waals surface area contributed by atoms with Gasteiger partial charge in [0.15, 0.2) is 0 Å². The minimum atomic E-state index is -1.82. The zero-order valence-electron chi connectivity index (χ0n) is 18.1. The van der Waals surface area contributed by atoms with Gasteiger partial charge in [0.25, 0.3) is 0 Å². The van der Waals surface area contributed by atoms with Gasteiger partial charge >= 0.3 is 5.97 Å². The van der Waals surface area contributed by atoms with E-state index in [1.165, 1.54) is 5.56 Å². The van der Waals surface area contributed by atoms with Crippen molar-refractivity contribution in [3.63, 3.8) is 0 Å². The van der Waals surface area contributed by atoms with Crippen LogP contribution in [0, 0.1) is 11.8 Å². The molecule has 0 aromatic heterocycles. The van der Waals surface area contributed by atoms with E-state index >= 15 is 0 Å². The van der Waals surface area contributed by atoms with E-state index < -0.39 is 11.6 Å². The van der Waals surface area contributed by atoms with Crippen molar-refractivity contribution in [1.82, 2.24) is 4.90 Å². The third-order valence-corrected chi connectivity index (χ3v) is 6.99. The number of esters is 1. The van der Waals surface area contributed by atoms with E-state index in [0.717, 1.165) is 32.5 Å². The van der Waals surface area contributed by atoms with Gasteiger partial charge in [-0.25, -0.2) is 4.79 Å². The van der Waals surface area contributed by atoms with Gasteiger partial charge in [-0.3, -0.25) is 4.90 Å². The van der Waals surface area contributed by atoms with E-state index in [-0.39, 0.29) is 6.10 Å². The van der Waals surface area contributed by atoms with Crippen LogP contribution in [0.5, 0.6) is 0 Å². The molecule has 2 bridgehead atoms. The number of rotatable bonds is 6. The Labute approximate surface area is 189 Å². The molecule has 0 spiro atoms. The fourth-order valence-electron chi connectivity index (χ4n) is 5.40. The molecule has 1 aliphatic heterocycles. The Morgan fingerprint density at radius 2 is 1.28 bits per heavy atom. The first-order valence-electron chi connectivity index (χ1n) is 11.5. The van der Waals surface area contributed by atoms with Crippen LogP contribution in [-0.4, -0.2) is 35.2 Å². The van der Waals surface area contributed by atoms with Crippen molar-refractivity contribution in [2.24, 2.45) is 11.8 Å². The van der Waals surface area contributed by atoms with Gasteiger partial charge in [-0.15, -0.1) is 0 Å². The summed E-state index contributed by atoms with van der Waals surface area (Å²) in [6.45, 7) is 2.75. The third kappa shape index (κ3) is 3.96. The van der Waals surface area contributed by atoms with Crippen molar-refractivity contribution in [3.05, 3.63) is 108 Å². The Hall–Kier alpha value is -2.95. The van der Waals surface area contributed by atoms with Crippen molar-refractivity contribution in [2.75, 3.05) is 13.1 Å². The third-order valence-electron chi connectivity index (χ3n) is 6.99. The maximum Gasteiger partial charge on any atom is 0.347 e. The molecule has 0 amide bonds. The summed E-state index contributed by atoms with van der Waals surface area (Å²) in [6.07, 6.45) is 1.97. The normalized spacial score (nSPS) is 23.1. The van der Waals surface area contributed by atoms with Crippen LogP contribution in [0.2, 0.25) is 0 Å². The van der Waals surface area contributed by atoms with Crippen LogP contribution in [0.3, 0.4) is 0 Å².